The normalized spacial score (nSPS) is 11.2. The van der Waals surface area contributed by atoms with E-state index in [1.807, 2.05) is 24.3 Å². The van der Waals surface area contributed by atoms with Gasteiger partial charge in [-0.3, -0.25) is 14.0 Å². The molecule has 0 bridgehead atoms. The molecule has 1 amide bonds. The van der Waals surface area contributed by atoms with Crippen molar-refractivity contribution < 1.29 is 13.9 Å². The van der Waals surface area contributed by atoms with Crippen LogP contribution in [0.1, 0.15) is 11.4 Å². The van der Waals surface area contributed by atoms with Gasteiger partial charge in [0, 0.05) is 24.2 Å². The molecule has 4 aromatic rings. The van der Waals surface area contributed by atoms with E-state index >= 15 is 0 Å². The lowest BCUT2D eigenvalue weighted by Crippen LogP contribution is -2.34. The number of nitrogens with zero attached hydrogens (tertiary/aromatic N) is 3. The second kappa shape index (κ2) is 6.64. The van der Waals surface area contributed by atoms with Crippen LogP contribution in [0.25, 0.3) is 16.6 Å². The molecule has 27 heavy (non-hydrogen) atoms. The van der Waals surface area contributed by atoms with Gasteiger partial charge in [-0.1, -0.05) is 18.2 Å². The summed E-state index contributed by atoms with van der Waals surface area (Å²) >= 11 is 0. The number of benzene rings is 1. The van der Waals surface area contributed by atoms with Crippen LogP contribution in [0.15, 0.2) is 51.9 Å². The standard InChI is InChI=1S/C19H18N4O4/c1-12-21-22(19(25)15-9-17-14(23(12)15)7-8-27-17)11-18(24)20-10-13-5-3-4-6-16(13)26-2/h3-9H,10-11H2,1-2H3,(H,20,24). The molecule has 138 valence electrons. The summed E-state index contributed by atoms with van der Waals surface area (Å²) in [4.78, 5) is 25.0. The Morgan fingerprint density at radius 2 is 2.07 bits per heavy atom. The van der Waals surface area contributed by atoms with Crippen molar-refractivity contribution in [3.05, 3.63) is 64.4 Å². The van der Waals surface area contributed by atoms with E-state index in [1.54, 1.807) is 36.8 Å². The lowest BCUT2D eigenvalue weighted by Gasteiger charge is -2.11. The van der Waals surface area contributed by atoms with Crippen LogP contribution in [0.2, 0.25) is 0 Å². The Bertz CT molecular complexity index is 1200. The van der Waals surface area contributed by atoms with Crippen LogP contribution in [-0.4, -0.2) is 27.2 Å². The van der Waals surface area contributed by atoms with Gasteiger partial charge in [0.1, 0.15) is 23.6 Å². The average molecular weight is 366 g/mol. The number of carbonyl (C=O) groups is 1. The molecule has 8 heteroatoms. The zero-order chi connectivity index (χ0) is 19.0. The van der Waals surface area contributed by atoms with Gasteiger partial charge < -0.3 is 14.5 Å². The van der Waals surface area contributed by atoms with Gasteiger partial charge in [0.2, 0.25) is 5.91 Å². The van der Waals surface area contributed by atoms with Crippen molar-refractivity contribution in [3.63, 3.8) is 0 Å². The number of hydrogen-bond acceptors (Lipinski definition) is 5. The number of para-hydroxylation sites is 1. The Balaban J connectivity index is 1.57. The van der Waals surface area contributed by atoms with Crippen LogP contribution in [0, 0.1) is 6.92 Å². The predicted molar refractivity (Wildman–Crippen MR) is 98.8 cm³/mol. The van der Waals surface area contributed by atoms with Gasteiger partial charge >= 0.3 is 0 Å². The Labute approximate surface area is 154 Å². The number of amides is 1. The molecule has 0 radical (unpaired) electrons. The van der Waals surface area contributed by atoms with Crippen LogP contribution in [0.3, 0.4) is 0 Å². The van der Waals surface area contributed by atoms with Gasteiger partial charge in [0.05, 0.1) is 18.9 Å². The van der Waals surface area contributed by atoms with E-state index in [0.29, 0.717) is 29.2 Å². The molecule has 0 aliphatic carbocycles. The number of carbonyl (C=O) groups excluding carboxylic acids is 1. The molecule has 0 atom stereocenters. The van der Waals surface area contributed by atoms with Crippen LogP contribution in [-0.2, 0) is 17.9 Å². The van der Waals surface area contributed by atoms with E-state index < -0.39 is 0 Å². The molecule has 0 aliphatic rings. The van der Waals surface area contributed by atoms with E-state index in [9.17, 15) is 9.59 Å². The summed E-state index contributed by atoms with van der Waals surface area (Å²) in [5, 5.41) is 7.07. The van der Waals surface area contributed by atoms with E-state index in [4.69, 9.17) is 9.15 Å². The highest BCUT2D eigenvalue weighted by Crippen LogP contribution is 2.20. The summed E-state index contributed by atoms with van der Waals surface area (Å²) in [5.41, 5.74) is 2.32. The molecular formula is C19H18N4O4. The highest BCUT2D eigenvalue weighted by atomic mass is 16.5. The predicted octanol–water partition coefficient (Wildman–Crippen LogP) is 1.88. The number of nitrogens with one attached hydrogen (secondary N) is 1. The molecule has 0 saturated heterocycles. The van der Waals surface area contributed by atoms with E-state index in [2.05, 4.69) is 10.4 Å². The van der Waals surface area contributed by atoms with E-state index in [0.717, 1.165) is 11.1 Å². The SMILES string of the molecule is COc1ccccc1CNC(=O)Cn1nc(C)n2c(cc3occc32)c1=O. The van der Waals surface area contributed by atoms with Gasteiger partial charge in [-0.15, -0.1) is 0 Å². The minimum atomic E-state index is -0.348. The molecule has 0 fully saturated rings. The van der Waals surface area contributed by atoms with Gasteiger partial charge in [-0.05, 0) is 13.0 Å². The summed E-state index contributed by atoms with van der Waals surface area (Å²) in [6.07, 6.45) is 1.56. The molecule has 1 aromatic carbocycles. The molecular weight excluding hydrogens is 348 g/mol. The number of ether oxygens (including phenoxy) is 1. The van der Waals surface area contributed by atoms with Crippen molar-refractivity contribution in [2.45, 2.75) is 20.0 Å². The maximum absolute atomic E-state index is 12.7. The highest BCUT2D eigenvalue weighted by molar-refractivity contribution is 5.82. The third kappa shape index (κ3) is 2.95. The second-order valence-electron chi connectivity index (χ2n) is 6.13. The zero-order valence-electron chi connectivity index (χ0n) is 14.9. The third-order valence-corrected chi connectivity index (χ3v) is 4.43. The second-order valence-corrected chi connectivity index (χ2v) is 6.13. The van der Waals surface area contributed by atoms with Crippen molar-refractivity contribution >= 4 is 22.5 Å². The van der Waals surface area contributed by atoms with Gasteiger partial charge in [0.15, 0.2) is 5.58 Å². The summed E-state index contributed by atoms with van der Waals surface area (Å²) < 4.78 is 13.5. The van der Waals surface area contributed by atoms with Crippen molar-refractivity contribution in [1.29, 1.82) is 0 Å². The number of hydrogen-bond donors (Lipinski definition) is 1. The quantitative estimate of drug-likeness (QED) is 0.582. The van der Waals surface area contributed by atoms with Crippen LogP contribution in [0.4, 0.5) is 0 Å². The van der Waals surface area contributed by atoms with Crippen molar-refractivity contribution in [2.75, 3.05) is 7.11 Å². The van der Waals surface area contributed by atoms with E-state index in [1.165, 1.54) is 4.68 Å². The lowest BCUT2D eigenvalue weighted by atomic mass is 10.2. The summed E-state index contributed by atoms with van der Waals surface area (Å²) in [5.74, 6) is 0.981. The Hall–Kier alpha value is -3.55. The van der Waals surface area contributed by atoms with Crippen LogP contribution in [0.5, 0.6) is 5.75 Å². The van der Waals surface area contributed by atoms with Crippen LogP contribution < -0.4 is 15.6 Å². The van der Waals surface area contributed by atoms with Crippen molar-refractivity contribution in [2.24, 2.45) is 0 Å². The minimum absolute atomic E-state index is 0.169. The first-order valence-corrected chi connectivity index (χ1v) is 8.43. The molecule has 0 aliphatic heterocycles. The first kappa shape index (κ1) is 16.9. The van der Waals surface area contributed by atoms with Gasteiger partial charge in [-0.25, -0.2) is 4.68 Å². The Morgan fingerprint density at radius 1 is 1.26 bits per heavy atom. The fourth-order valence-electron chi connectivity index (χ4n) is 3.17. The third-order valence-electron chi connectivity index (χ3n) is 4.43. The van der Waals surface area contributed by atoms with Crippen molar-refractivity contribution in [3.8, 4) is 5.75 Å². The summed E-state index contributed by atoms with van der Waals surface area (Å²) in [6.45, 7) is 1.91. The molecule has 3 heterocycles. The molecule has 4 rings (SSSR count). The van der Waals surface area contributed by atoms with Gasteiger partial charge in [-0.2, -0.15) is 5.10 Å². The average Bonchev–Trinajstić information content (AvgIpc) is 3.25. The fraction of sp³-hybridized carbons (Fsp3) is 0.211. The first-order valence-electron chi connectivity index (χ1n) is 8.43. The molecule has 0 spiro atoms. The molecule has 0 unspecified atom stereocenters. The largest absolute Gasteiger partial charge is 0.496 e. The first-order chi connectivity index (χ1) is 13.1. The lowest BCUT2D eigenvalue weighted by molar-refractivity contribution is -0.122. The Kier molecular flexibility index (Phi) is 4.15. The molecule has 3 aromatic heterocycles. The number of methoxy groups -OCH3 is 1. The Morgan fingerprint density at radius 3 is 2.89 bits per heavy atom. The molecule has 8 nitrogen and oxygen atoms in total. The zero-order valence-corrected chi connectivity index (χ0v) is 14.9. The maximum atomic E-state index is 12.7. The number of fused-ring (bicyclic) bond motifs is 3. The summed E-state index contributed by atoms with van der Waals surface area (Å²) in [6, 6.07) is 10.9. The minimum Gasteiger partial charge on any atom is -0.496 e. The van der Waals surface area contributed by atoms with Gasteiger partial charge in [0.25, 0.3) is 5.56 Å². The smallest absolute Gasteiger partial charge is 0.291 e. The number of aromatic nitrogens is 3. The molecule has 1 N–H and O–H groups in total. The highest BCUT2D eigenvalue weighted by Gasteiger charge is 2.15. The van der Waals surface area contributed by atoms with Crippen molar-refractivity contribution in [1.82, 2.24) is 19.5 Å². The summed E-state index contributed by atoms with van der Waals surface area (Å²) in [7, 11) is 1.58. The van der Waals surface area contributed by atoms with E-state index in [-0.39, 0.29) is 18.0 Å². The monoisotopic (exact) mass is 366 g/mol. The van der Waals surface area contributed by atoms with Crippen LogP contribution >= 0.6 is 0 Å². The number of aryl methyl sites for hydroxylation is 1. The topological polar surface area (TPSA) is 90.8 Å². The molecule has 0 saturated carbocycles. The number of rotatable bonds is 5. The number of furan rings is 1. The maximum Gasteiger partial charge on any atom is 0.291 e. The fourth-order valence-corrected chi connectivity index (χ4v) is 3.17.